The van der Waals surface area contributed by atoms with Gasteiger partial charge in [0.05, 0.1) is 5.92 Å². The van der Waals surface area contributed by atoms with E-state index in [2.05, 4.69) is 5.32 Å². The van der Waals surface area contributed by atoms with Crippen LogP contribution in [0.4, 0.5) is 13.2 Å². The molecule has 1 aliphatic rings. The highest BCUT2D eigenvalue weighted by Crippen LogP contribution is 2.24. The van der Waals surface area contributed by atoms with Gasteiger partial charge in [0.2, 0.25) is 5.91 Å². The predicted molar refractivity (Wildman–Crippen MR) is 73.4 cm³/mol. The summed E-state index contributed by atoms with van der Waals surface area (Å²) in [5.74, 6) is -0.742. The molecule has 1 saturated heterocycles. The Morgan fingerprint density at radius 1 is 1.29 bits per heavy atom. The largest absolute Gasteiger partial charge is 0.406 e. The van der Waals surface area contributed by atoms with Gasteiger partial charge in [0.15, 0.2) is 0 Å². The van der Waals surface area contributed by atoms with E-state index in [4.69, 9.17) is 0 Å². The molecule has 0 bridgehead atoms. The number of carbonyl (C=O) groups excluding carboxylic acids is 1. The van der Waals surface area contributed by atoms with Crippen molar-refractivity contribution in [3.8, 4) is 0 Å². The van der Waals surface area contributed by atoms with E-state index in [0.29, 0.717) is 18.7 Å². The quantitative estimate of drug-likeness (QED) is 0.926. The van der Waals surface area contributed by atoms with Crippen LogP contribution < -0.4 is 5.32 Å². The van der Waals surface area contributed by atoms with Crippen LogP contribution in [0, 0.1) is 11.8 Å². The van der Waals surface area contributed by atoms with E-state index in [1.54, 1.807) is 30.3 Å². The van der Waals surface area contributed by atoms with Gasteiger partial charge in [0, 0.05) is 13.1 Å². The van der Waals surface area contributed by atoms with Crippen LogP contribution in [0.1, 0.15) is 12.5 Å². The number of nitrogens with zero attached hydrogens (tertiary/aromatic N) is 1. The van der Waals surface area contributed by atoms with Gasteiger partial charge >= 0.3 is 6.18 Å². The van der Waals surface area contributed by atoms with Gasteiger partial charge in [-0.15, -0.1) is 0 Å². The Kier molecular flexibility index (Phi) is 4.88. The van der Waals surface area contributed by atoms with Crippen LogP contribution in [0.5, 0.6) is 0 Å². The van der Waals surface area contributed by atoms with Gasteiger partial charge in [-0.2, -0.15) is 13.2 Å². The Morgan fingerprint density at radius 2 is 1.95 bits per heavy atom. The summed E-state index contributed by atoms with van der Waals surface area (Å²) in [6.45, 7) is 1.79. The van der Waals surface area contributed by atoms with Crippen molar-refractivity contribution in [1.29, 1.82) is 0 Å². The lowest BCUT2D eigenvalue weighted by Crippen LogP contribution is -2.43. The van der Waals surface area contributed by atoms with Gasteiger partial charge in [0.1, 0.15) is 6.54 Å². The summed E-state index contributed by atoms with van der Waals surface area (Å²) in [5.41, 5.74) is 0.703. The standard InChI is InChI=1S/C15H19F3N2O/c1-11-7-19-8-13(11)14(21)20(10-15(16,17)18)9-12-5-3-2-4-6-12/h2-6,11,13,19H,7-10H2,1H3. The second-order valence-electron chi connectivity index (χ2n) is 5.54. The molecule has 0 spiro atoms. The van der Waals surface area contributed by atoms with E-state index in [1.807, 2.05) is 6.92 Å². The molecule has 2 unspecified atom stereocenters. The molecule has 0 aromatic heterocycles. The van der Waals surface area contributed by atoms with Crippen LogP contribution in [0.25, 0.3) is 0 Å². The fourth-order valence-corrected chi connectivity index (χ4v) is 2.61. The molecular formula is C15H19F3N2O. The number of rotatable bonds is 4. The third-order valence-electron chi connectivity index (χ3n) is 3.73. The first-order valence-corrected chi connectivity index (χ1v) is 6.97. The van der Waals surface area contributed by atoms with E-state index in [0.717, 1.165) is 4.90 Å². The number of nitrogens with one attached hydrogen (secondary N) is 1. The van der Waals surface area contributed by atoms with Crippen LogP contribution in [0.2, 0.25) is 0 Å². The number of carbonyl (C=O) groups is 1. The third-order valence-corrected chi connectivity index (χ3v) is 3.73. The first-order valence-electron chi connectivity index (χ1n) is 6.97. The second-order valence-corrected chi connectivity index (χ2v) is 5.54. The lowest BCUT2D eigenvalue weighted by molar-refractivity contribution is -0.165. The molecule has 1 aromatic carbocycles. The molecule has 1 aromatic rings. The van der Waals surface area contributed by atoms with Crippen molar-refractivity contribution in [2.45, 2.75) is 19.6 Å². The van der Waals surface area contributed by atoms with E-state index in [-0.39, 0.29) is 18.4 Å². The van der Waals surface area contributed by atoms with Crippen LogP contribution in [0.15, 0.2) is 30.3 Å². The van der Waals surface area contributed by atoms with Gasteiger partial charge < -0.3 is 10.2 Å². The number of amides is 1. The van der Waals surface area contributed by atoms with Gasteiger partial charge in [-0.1, -0.05) is 37.3 Å². The minimum atomic E-state index is -4.39. The molecule has 2 rings (SSSR count). The highest BCUT2D eigenvalue weighted by atomic mass is 19.4. The van der Waals surface area contributed by atoms with Gasteiger partial charge in [-0.05, 0) is 18.0 Å². The Balaban J connectivity index is 2.13. The summed E-state index contributed by atoms with van der Waals surface area (Å²) in [6.07, 6.45) is -4.39. The molecule has 116 valence electrons. The SMILES string of the molecule is CC1CNCC1C(=O)N(Cc1ccccc1)CC(F)(F)F. The first-order chi connectivity index (χ1) is 9.87. The smallest absolute Gasteiger partial charge is 0.329 e. The van der Waals surface area contributed by atoms with Crippen LogP contribution >= 0.6 is 0 Å². The second kappa shape index (κ2) is 6.47. The highest BCUT2D eigenvalue weighted by molar-refractivity contribution is 5.79. The highest BCUT2D eigenvalue weighted by Gasteiger charge is 2.38. The van der Waals surface area contributed by atoms with Crippen molar-refractivity contribution >= 4 is 5.91 Å². The molecule has 0 saturated carbocycles. The fourth-order valence-electron chi connectivity index (χ4n) is 2.61. The fraction of sp³-hybridized carbons (Fsp3) is 0.533. The molecule has 1 aliphatic heterocycles. The predicted octanol–water partition coefficient (Wildman–Crippen LogP) is 2.43. The van der Waals surface area contributed by atoms with Gasteiger partial charge in [-0.25, -0.2) is 0 Å². The van der Waals surface area contributed by atoms with E-state index in [1.165, 1.54) is 0 Å². The van der Waals surface area contributed by atoms with Crippen LogP contribution in [-0.2, 0) is 11.3 Å². The molecule has 3 nitrogen and oxygen atoms in total. The molecule has 1 amide bonds. The van der Waals surface area contributed by atoms with E-state index >= 15 is 0 Å². The molecule has 6 heteroatoms. The Hall–Kier alpha value is -1.56. The number of alkyl halides is 3. The van der Waals surface area contributed by atoms with Crippen LogP contribution in [0.3, 0.4) is 0 Å². The van der Waals surface area contributed by atoms with Crippen molar-refractivity contribution in [2.24, 2.45) is 11.8 Å². The van der Waals surface area contributed by atoms with Gasteiger partial charge in [-0.3, -0.25) is 4.79 Å². The maximum atomic E-state index is 12.7. The number of benzene rings is 1. The number of halogens is 3. The van der Waals surface area contributed by atoms with Gasteiger partial charge in [0.25, 0.3) is 0 Å². The Morgan fingerprint density at radius 3 is 2.48 bits per heavy atom. The topological polar surface area (TPSA) is 32.3 Å². The zero-order chi connectivity index (χ0) is 15.5. The molecule has 2 atom stereocenters. The Bertz CT molecular complexity index is 476. The summed E-state index contributed by atoms with van der Waals surface area (Å²) in [5, 5.41) is 3.06. The number of hydrogen-bond acceptors (Lipinski definition) is 2. The molecular weight excluding hydrogens is 281 g/mol. The lowest BCUT2D eigenvalue weighted by Gasteiger charge is -2.28. The van der Waals surface area contributed by atoms with Crippen LogP contribution in [-0.4, -0.2) is 36.6 Å². The minimum Gasteiger partial charge on any atom is -0.329 e. The third kappa shape index (κ3) is 4.46. The summed E-state index contributed by atoms with van der Waals surface area (Å²) in [7, 11) is 0. The summed E-state index contributed by atoms with van der Waals surface area (Å²) < 4.78 is 38.2. The summed E-state index contributed by atoms with van der Waals surface area (Å²) >= 11 is 0. The molecule has 1 fully saturated rings. The normalized spacial score (nSPS) is 22.3. The molecule has 21 heavy (non-hydrogen) atoms. The van der Waals surface area contributed by atoms with Crippen molar-refractivity contribution in [3.63, 3.8) is 0 Å². The average Bonchev–Trinajstić information content (AvgIpc) is 2.83. The molecule has 0 radical (unpaired) electrons. The average molecular weight is 300 g/mol. The minimum absolute atomic E-state index is 0.0115. The molecule has 1 N–H and O–H groups in total. The zero-order valence-electron chi connectivity index (χ0n) is 11.9. The number of hydrogen-bond donors (Lipinski definition) is 1. The Labute approximate surface area is 122 Å². The summed E-state index contributed by atoms with van der Waals surface area (Å²) in [4.78, 5) is 13.3. The monoisotopic (exact) mass is 300 g/mol. The lowest BCUT2D eigenvalue weighted by atomic mass is 9.96. The van der Waals surface area contributed by atoms with Crippen molar-refractivity contribution < 1.29 is 18.0 Å². The van der Waals surface area contributed by atoms with Crippen molar-refractivity contribution in [2.75, 3.05) is 19.6 Å². The zero-order valence-corrected chi connectivity index (χ0v) is 11.9. The molecule has 0 aliphatic carbocycles. The molecule has 1 heterocycles. The van der Waals surface area contributed by atoms with Crippen molar-refractivity contribution in [1.82, 2.24) is 10.2 Å². The van der Waals surface area contributed by atoms with Crippen molar-refractivity contribution in [3.05, 3.63) is 35.9 Å². The maximum absolute atomic E-state index is 12.7. The first kappa shape index (κ1) is 15.8. The van der Waals surface area contributed by atoms with E-state index < -0.39 is 18.6 Å². The van der Waals surface area contributed by atoms with E-state index in [9.17, 15) is 18.0 Å². The maximum Gasteiger partial charge on any atom is 0.406 e. The summed E-state index contributed by atoms with van der Waals surface area (Å²) in [6, 6.07) is 8.76.